The van der Waals surface area contributed by atoms with E-state index in [0.29, 0.717) is 5.88 Å². The third-order valence-corrected chi connectivity index (χ3v) is 0.835. The van der Waals surface area contributed by atoms with Gasteiger partial charge in [0.05, 0.1) is 7.11 Å². The Hall–Kier alpha value is -1.05. The maximum absolute atomic E-state index is 4.90. The van der Waals surface area contributed by atoms with Gasteiger partial charge in [0.25, 0.3) is 0 Å². The van der Waals surface area contributed by atoms with Crippen molar-refractivity contribution < 1.29 is 4.74 Å². The maximum Gasteiger partial charge on any atom is 0.212 e. The summed E-state index contributed by atoms with van der Waals surface area (Å²) in [7, 11) is 1.59. The van der Waals surface area contributed by atoms with Gasteiger partial charge in [-0.3, -0.25) is 0 Å². The first-order valence-electron chi connectivity index (χ1n) is 3.10. The van der Waals surface area contributed by atoms with Gasteiger partial charge in [-0.25, -0.2) is 4.99 Å². The Bertz CT molecular complexity index is 168. The number of allylic oxidation sites excluding steroid dienone is 2. The Morgan fingerprint density at radius 2 is 2.20 bits per heavy atom. The van der Waals surface area contributed by atoms with Crippen LogP contribution in [0.1, 0.15) is 13.8 Å². The highest BCUT2D eigenvalue weighted by atomic mass is 16.5. The molecule has 0 radical (unpaired) electrons. The fourth-order valence-electron chi connectivity index (χ4n) is 0.487. The van der Waals surface area contributed by atoms with Crippen LogP contribution < -0.4 is 0 Å². The molecular formula is C8H13NO. The van der Waals surface area contributed by atoms with E-state index in [2.05, 4.69) is 11.6 Å². The molecule has 0 saturated heterocycles. The van der Waals surface area contributed by atoms with Crippen molar-refractivity contribution >= 4 is 6.21 Å². The summed E-state index contributed by atoms with van der Waals surface area (Å²) in [4.78, 5) is 3.94. The summed E-state index contributed by atoms with van der Waals surface area (Å²) in [5.41, 5.74) is 0.933. The van der Waals surface area contributed by atoms with Gasteiger partial charge in [0.15, 0.2) is 0 Å². The van der Waals surface area contributed by atoms with E-state index < -0.39 is 0 Å². The largest absolute Gasteiger partial charge is 0.481 e. The van der Waals surface area contributed by atoms with Gasteiger partial charge < -0.3 is 4.74 Å². The van der Waals surface area contributed by atoms with E-state index in [1.165, 1.54) is 0 Å². The van der Waals surface area contributed by atoms with Crippen LogP contribution >= 0.6 is 0 Å². The minimum absolute atomic E-state index is 0.593. The number of nitrogens with zero attached hydrogens (tertiary/aromatic N) is 1. The smallest absolute Gasteiger partial charge is 0.212 e. The second-order valence-corrected chi connectivity index (χ2v) is 1.92. The SMILES string of the molecule is C=C(C)/C=C(\N=CC)OC. The van der Waals surface area contributed by atoms with E-state index in [1.807, 2.05) is 13.8 Å². The molecule has 0 aromatic rings. The zero-order valence-electron chi connectivity index (χ0n) is 6.72. The summed E-state index contributed by atoms with van der Waals surface area (Å²) >= 11 is 0. The molecule has 0 spiro atoms. The van der Waals surface area contributed by atoms with Crippen molar-refractivity contribution in [1.82, 2.24) is 0 Å². The van der Waals surface area contributed by atoms with Crippen LogP contribution in [0.5, 0.6) is 0 Å². The molecule has 2 nitrogen and oxygen atoms in total. The maximum atomic E-state index is 4.90. The third-order valence-electron chi connectivity index (χ3n) is 0.835. The lowest BCUT2D eigenvalue weighted by Crippen LogP contribution is -1.82. The van der Waals surface area contributed by atoms with E-state index in [4.69, 9.17) is 4.74 Å². The molecule has 0 N–H and O–H groups in total. The number of methoxy groups -OCH3 is 1. The van der Waals surface area contributed by atoms with E-state index in [1.54, 1.807) is 19.4 Å². The number of hydrogen-bond donors (Lipinski definition) is 0. The zero-order valence-corrected chi connectivity index (χ0v) is 6.72. The lowest BCUT2D eigenvalue weighted by atomic mass is 10.3. The third kappa shape index (κ3) is 3.89. The van der Waals surface area contributed by atoms with E-state index in [9.17, 15) is 0 Å². The lowest BCUT2D eigenvalue weighted by molar-refractivity contribution is 0.288. The average molecular weight is 139 g/mol. The minimum Gasteiger partial charge on any atom is -0.481 e. The Labute approximate surface area is 61.9 Å². The highest BCUT2D eigenvalue weighted by Gasteiger charge is 1.87. The number of rotatable bonds is 3. The Morgan fingerprint density at radius 3 is 2.50 bits per heavy atom. The first kappa shape index (κ1) is 8.95. The van der Waals surface area contributed by atoms with Gasteiger partial charge in [-0.15, -0.1) is 0 Å². The molecule has 0 bridgehead atoms. The molecule has 0 saturated carbocycles. The van der Waals surface area contributed by atoms with Crippen LogP contribution in [0, 0.1) is 0 Å². The molecule has 2 heteroatoms. The topological polar surface area (TPSA) is 21.6 Å². The van der Waals surface area contributed by atoms with Gasteiger partial charge in [0.1, 0.15) is 0 Å². The van der Waals surface area contributed by atoms with Crippen molar-refractivity contribution in [2.75, 3.05) is 7.11 Å². The molecule has 0 amide bonds. The van der Waals surface area contributed by atoms with E-state index >= 15 is 0 Å². The lowest BCUT2D eigenvalue weighted by Gasteiger charge is -1.97. The summed E-state index contributed by atoms with van der Waals surface area (Å²) in [5.74, 6) is 0.593. The summed E-state index contributed by atoms with van der Waals surface area (Å²) in [5, 5.41) is 0. The predicted molar refractivity (Wildman–Crippen MR) is 44.1 cm³/mol. The molecule has 0 heterocycles. The molecule has 0 aromatic carbocycles. The Kier molecular flexibility index (Phi) is 4.29. The number of hydrogen-bond acceptors (Lipinski definition) is 2. The number of aliphatic imine (C=N–C) groups is 1. The quantitative estimate of drug-likeness (QED) is 0.333. The van der Waals surface area contributed by atoms with Crippen LogP contribution in [0.2, 0.25) is 0 Å². The highest BCUT2D eigenvalue weighted by molar-refractivity contribution is 5.54. The highest BCUT2D eigenvalue weighted by Crippen LogP contribution is 2.00. The molecule has 56 valence electrons. The molecule has 0 aromatic heterocycles. The number of ether oxygens (including phenoxy) is 1. The van der Waals surface area contributed by atoms with Crippen molar-refractivity contribution in [2.24, 2.45) is 4.99 Å². The monoisotopic (exact) mass is 139 g/mol. The molecule has 0 aliphatic carbocycles. The second-order valence-electron chi connectivity index (χ2n) is 1.92. The van der Waals surface area contributed by atoms with Crippen molar-refractivity contribution in [3.05, 3.63) is 24.1 Å². The van der Waals surface area contributed by atoms with Crippen LogP contribution in [-0.2, 0) is 4.74 Å². The van der Waals surface area contributed by atoms with Crippen LogP contribution in [-0.4, -0.2) is 13.3 Å². The second kappa shape index (κ2) is 4.79. The summed E-state index contributed by atoms with van der Waals surface area (Å²) in [6.07, 6.45) is 3.46. The van der Waals surface area contributed by atoms with Gasteiger partial charge in [0, 0.05) is 12.3 Å². The minimum atomic E-state index is 0.593. The van der Waals surface area contributed by atoms with Crippen molar-refractivity contribution in [1.29, 1.82) is 0 Å². The zero-order chi connectivity index (χ0) is 7.98. The predicted octanol–water partition coefficient (Wildman–Crippen LogP) is 2.14. The fraction of sp³-hybridized carbons (Fsp3) is 0.375. The Balaban J connectivity index is 4.18. The van der Waals surface area contributed by atoms with E-state index in [-0.39, 0.29) is 0 Å². The van der Waals surface area contributed by atoms with Crippen LogP contribution in [0.3, 0.4) is 0 Å². The van der Waals surface area contributed by atoms with Crippen LogP contribution in [0.15, 0.2) is 29.1 Å². The average Bonchev–Trinajstić information content (AvgIpc) is 1.86. The summed E-state index contributed by atoms with van der Waals surface area (Å²) in [6, 6.07) is 0. The van der Waals surface area contributed by atoms with Crippen molar-refractivity contribution in [3.63, 3.8) is 0 Å². The van der Waals surface area contributed by atoms with Gasteiger partial charge in [0.2, 0.25) is 5.88 Å². The van der Waals surface area contributed by atoms with Gasteiger partial charge in [-0.2, -0.15) is 0 Å². The van der Waals surface area contributed by atoms with Gasteiger partial charge >= 0.3 is 0 Å². The fourth-order valence-corrected chi connectivity index (χ4v) is 0.487. The molecule has 0 fully saturated rings. The van der Waals surface area contributed by atoms with Crippen LogP contribution in [0.4, 0.5) is 0 Å². The summed E-state index contributed by atoms with van der Waals surface area (Å²) < 4.78 is 4.90. The molecule has 0 rings (SSSR count). The molecule has 0 aliphatic heterocycles. The first-order valence-corrected chi connectivity index (χ1v) is 3.10. The van der Waals surface area contributed by atoms with Gasteiger partial charge in [-0.1, -0.05) is 12.2 Å². The van der Waals surface area contributed by atoms with Gasteiger partial charge in [-0.05, 0) is 13.8 Å². The standard InChI is InChI=1S/C8H13NO/c1-5-9-8(10-4)6-7(2)3/h5-6H,2H2,1,3-4H3/b8-6+,9-5?. The molecule has 10 heavy (non-hydrogen) atoms. The molecular weight excluding hydrogens is 126 g/mol. The van der Waals surface area contributed by atoms with Crippen LogP contribution in [0.25, 0.3) is 0 Å². The molecule has 0 atom stereocenters. The molecule has 0 aliphatic rings. The Morgan fingerprint density at radius 1 is 1.60 bits per heavy atom. The summed E-state index contributed by atoms with van der Waals surface area (Å²) in [6.45, 7) is 7.43. The van der Waals surface area contributed by atoms with Crippen molar-refractivity contribution in [2.45, 2.75) is 13.8 Å². The molecule has 0 unspecified atom stereocenters. The first-order chi connectivity index (χ1) is 4.70. The normalized spacial score (nSPS) is 12.1. The van der Waals surface area contributed by atoms with E-state index in [0.717, 1.165) is 5.57 Å². The van der Waals surface area contributed by atoms with Crippen molar-refractivity contribution in [3.8, 4) is 0 Å².